The average molecular weight is 420 g/mol. The number of aliphatic carboxylic acids is 1. The number of phenols is 1. The minimum Gasteiger partial charge on any atom is -0.508 e. The van der Waals surface area contributed by atoms with Gasteiger partial charge in [-0.25, -0.2) is 4.79 Å². The quantitative estimate of drug-likeness (QED) is 0.483. The SMILES string of the molecule is CC1(C)S[C@@H]2[C@H](NC(=O)[C@H](N)c3ccc(O)cc3)C(=O)N2[C@H]1C(=O)O.Cl.O. The van der Waals surface area contributed by atoms with E-state index >= 15 is 0 Å². The Morgan fingerprint density at radius 2 is 1.85 bits per heavy atom. The fourth-order valence-electron chi connectivity index (χ4n) is 3.22. The van der Waals surface area contributed by atoms with Crippen molar-refractivity contribution in [3.05, 3.63) is 29.8 Å². The molecule has 2 aliphatic rings. The number of thioether (sulfide) groups is 1. The number of benzene rings is 1. The van der Waals surface area contributed by atoms with Crippen molar-refractivity contribution in [1.29, 1.82) is 0 Å². The summed E-state index contributed by atoms with van der Waals surface area (Å²) in [4.78, 5) is 37.5. The van der Waals surface area contributed by atoms with Crippen LogP contribution < -0.4 is 11.1 Å². The van der Waals surface area contributed by atoms with Crippen LogP contribution in [0.2, 0.25) is 0 Å². The number of carbonyl (C=O) groups is 3. The van der Waals surface area contributed by atoms with E-state index in [0.717, 1.165) is 0 Å². The molecule has 7 N–H and O–H groups in total. The number of halogens is 1. The molecule has 0 unspecified atom stereocenters. The van der Waals surface area contributed by atoms with Gasteiger partial charge in [-0.15, -0.1) is 24.2 Å². The summed E-state index contributed by atoms with van der Waals surface area (Å²) in [5, 5.41) is 20.9. The molecule has 2 aliphatic heterocycles. The van der Waals surface area contributed by atoms with Crippen molar-refractivity contribution in [2.75, 3.05) is 0 Å². The summed E-state index contributed by atoms with van der Waals surface area (Å²) in [6, 6.07) is 3.21. The van der Waals surface area contributed by atoms with Crippen LogP contribution in [0.3, 0.4) is 0 Å². The third kappa shape index (κ3) is 3.84. The topological polar surface area (TPSA) is 164 Å². The second-order valence-corrected chi connectivity index (χ2v) is 8.42. The van der Waals surface area contributed by atoms with Crippen LogP contribution in [0, 0.1) is 0 Å². The first-order chi connectivity index (χ1) is 11.6. The predicted octanol–water partition coefficient (Wildman–Crippen LogP) is -0.379. The van der Waals surface area contributed by atoms with E-state index in [2.05, 4.69) is 5.32 Å². The molecule has 0 aromatic heterocycles. The summed E-state index contributed by atoms with van der Waals surface area (Å²) in [5.41, 5.74) is 6.41. The van der Waals surface area contributed by atoms with Crippen LogP contribution in [0.15, 0.2) is 24.3 Å². The van der Waals surface area contributed by atoms with E-state index < -0.39 is 46.0 Å². The molecule has 0 saturated carbocycles. The van der Waals surface area contributed by atoms with Gasteiger partial charge in [0.15, 0.2) is 0 Å². The lowest BCUT2D eigenvalue weighted by Gasteiger charge is -2.43. The number of hydrogen-bond donors (Lipinski definition) is 4. The molecule has 150 valence electrons. The second kappa shape index (κ2) is 7.93. The van der Waals surface area contributed by atoms with Gasteiger partial charge >= 0.3 is 5.97 Å². The van der Waals surface area contributed by atoms with Crippen molar-refractivity contribution in [1.82, 2.24) is 10.2 Å². The minimum absolute atomic E-state index is 0. The van der Waals surface area contributed by atoms with Crippen molar-refractivity contribution < 1.29 is 30.1 Å². The first-order valence-electron chi connectivity index (χ1n) is 7.71. The molecule has 0 bridgehead atoms. The number of carboxylic acid groups (broad SMARTS) is 1. The van der Waals surface area contributed by atoms with Crippen LogP contribution in [-0.4, -0.2) is 60.6 Å². The van der Waals surface area contributed by atoms with Crippen molar-refractivity contribution in [3.63, 3.8) is 0 Å². The van der Waals surface area contributed by atoms with Crippen LogP contribution in [-0.2, 0) is 14.4 Å². The van der Waals surface area contributed by atoms with Gasteiger partial charge in [-0.3, -0.25) is 9.59 Å². The molecule has 9 nitrogen and oxygen atoms in total. The van der Waals surface area contributed by atoms with E-state index in [-0.39, 0.29) is 23.6 Å². The lowest BCUT2D eigenvalue weighted by Crippen LogP contribution is -2.71. The zero-order chi connectivity index (χ0) is 18.5. The number of β-lactam (4-membered cyclic amide) rings is 1. The smallest absolute Gasteiger partial charge is 0.327 e. The van der Waals surface area contributed by atoms with Gasteiger partial charge in [0.25, 0.3) is 0 Å². The maximum Gasteiger partial charge on any atom is 0.327 e. The first-order valence-corrected chi connectivity index (χ1v) is 8.59. The number of carbonyl (C=O) groups excluding carboxylic acids is 2. The van der Waals surface area contributed by atoms with Gasteiger partial charge < -0.3 is 31.6 Å². The third-order valence-corrected chi connectivity index (χ3v) is 6.08. The highest BCUT2D eigenvalue weighted by Gasteiger charge is 2.64. The Morgan fingerprint density at radius 3 is 2.37 bits per heavy atom. The Balaban J connectivity index is 0.00000182. The fourth-order valence-corrected chi connectivity index (χ4v) is 4.85. The molecule has 2 heterocycles. The van der Waals surface area contributed by atoms with Crippen LogP contribution in [0.25, 0.3) is 0 Å². The molecule has 4 atom stereocenters. The molecular formula is C16H22ClN3O6S. The highest BCUT2D eigenvalue weighted by molar-refractivity contribution is 8.01. The number of aromatic hydroxyl groups is 1. The number of amides is 2. The van der Waals surface area contributed by atoms with Crippen molar-refractivity contribution in [3.8, 4) is 5.75 Å². The Kier molecular flexibility index (Phi) is 6.76. The summed E-state index contributed by atoms with van der Waals surface area (Å²) in [7, 11) is 0. The summed E-state index contributed by atoms with van der Waals surface area (Å²) in [5.74, 6) is -1.94. The van der Waals surface area contributed by atoms with Gasteiger partial charge in [-0.1, -0.05) is 12.1 Å². The molecule has 2 amide bonds. The van der Waals surface area contributed by atoms with Gasteiger partial charge in [-0.05, 0) is 31.5 Å². The monoisotopic (exact) mass is 419 g/mol. The molecule has 27 heavy (non-hydrogen) atoms. The molecule has 2 saturated heterocycles. The minimum atomic E-state index is -1.06. The van der Waals surface area contributed by atoms with E-state index in [0.29, 0.717) is 5.56 Å². The number of nitrogens with zero attached hydrogens (tertiary/aromatic N) is 1. The number of hydrogen-bond acceptors (Lipinski definition) is 6. The van der Waals surface area contributed by atoms with Gasteiger partial charge in [0.05, 0.1) is 0 Å². The molecule has 1 aromatic carbocycles. The van der Waals surface area contributed by atoms with E-state index in [9.17, 15) is 24.6 Å². The number of phenolic OH excluding ortho intramolecular Hbond substituents is 1. The van der Waals surface area contributed by atoms with E-state index in [1.807, 2.05) is 0 Å². The zero-order valence-corrected chi connectivity index (χ0v) is 16.2. The molecule has 1 aromatic rings. The zero-order valence-electron chi connectivity index (χ0n) is 14.6. The highest BCUT2D eigenvalue weighted by Crippen LogP contribution is 2.50. The molecule has 0 aliphatic carbocycles. The van der Waals surface area contributed by atoms with Crippen molar-refractivity contribution in [2.45, 2.75) is 42.1 Å². The molecule has 0 radical (unpaired) electrons. The lowest BCUT2D eigenvalue weighted by atomic mass is 9.95. The molecule has 0 spiro atoms. The number of nitrogens with one attached hydrogen (secondary N) is 1. The molecule has 11 heteroatoms. The van der Waals surface area contributed by atoms with Gasteiger partial charge in [-0.2, -0.15) is 0 Å². The summed E-state index contributed by atoms with van der Waals surface area (Å²) >= 11 is 1.35. The number of nitrogens with two attached hydrogens (primary N) is 1. The van der Waals surface area contributed by atoms with E-state index in [1.165, 1.54) is 40.9 Å². The lowest BCUT2D eigenvalue weighted by molar-refractivity contribution is -0.161. The number of carboxylic acids is 1. The molecular weight excluding hydrogens is 398 g/mol. The molecule has 2 fully saturated rings. The average Bonchev–Trinajstić information content (AvgIpc) is 2.80. The van der Waals surface area contributed by atoms with Crippen molar-refractivity contribution >= 4 is 42.0 Å². The maximum absolute atomic E-state index is 12.3. The second-order valence-electron chi connectivity index (χ2n) is 6.65. The third-order valence-electron chi connectivity index (χ3n) is 4.51. The predicted molar refractivity (Wildman–Crippen MR) is 102 cm³/mol. The highest BCUT2D eigenvalue weighted by atomic mass is 35.5. The maximum atomic E-state index is 12.3. The Bertz CT molecular complexity index is 744. The summed E-state index contributed by atoms with van der Waals surface area (Å²) in [6.07, 6.45) is 0. The Hall–Kier alpha value is -2.01. The van der Waals surface area contributed by atoms with Gasteiger partial charge in [0.1, 0.15) is 29.2 Å². The molecule has 3 rings (SSSR count). The van der Waals surface area contributed by atoms with Crippen LogP contribution in [0.4, 0.5) is 0 Å². The largest absolute Gasteiger partial charge is 0.508 e. The van der Waals surface area contributed by atoms with Crippen LogP contribution >= 0.6 is 24.2 Å². The number of rotatable bonds is 4. The normalized spacial score (nSPS) is 26.0. The summed E-state index contributed by atoms with van der Waals surface area (Å²) in [6.45, 7) is 3.53. The first kappa shape index (κ1) is 23.0. The fraction of sp³-hybridized carbons (Fsp3) is 0.438. The Labute approximate surface area is 166 Å². The van der Waals surface area contributed by atoms with Gasteiger partial charge in [0.2, 0.25) is 11.8 Å². The van der Waals surface area contributed by atoms with Crippen molar-refractivity contribution in [2.24, 2.45) is 5.73 Å². The standard InChI is InChI=1S/C16H19N3O5S.ClH.H2O/c1-16(2)11(15(23)24)19-13(22)10(14(19)25-16)18-12(21)9(17)7-3-5-8(20)6-4-7;;/h3-6,9-11,14,20H,17H2,1-2H3,(H,18,21)(H,23,24);1H;1H2/t9-,10-,11+,14-;;/m1../s1. The van der Waals surface area contributed by atoms with Crippen LogP contribution in [0.5, 0.6) is 5.75 Å². The Morgan fingerprint density at radius 1 is 1.30 bits per heavy atom. The number of fused-ring (bicyclic) bond motifs is 1. The summed E-state index contributed by atoms with van der Waals surface area (Å²) < 4.78 is -0.648. The van der Waals surface area contributed by atoms with Gasteiger partial charge in [0, 0.05) is 4.75 Å². The van der Waals surface area contributed by atoms with E-state index in [1.54, 1.807) is 13.8 Å². The van der Waals surface area contributed by atoms with Crippen LogP contribution in [0.1, 0.15) is 25.5 Å². The van der Waals surface area contributed by atoms with E-state index in [4.69, 9.17) is 5.73 Å².